The van der Waals surface area contributed by atoms with Crippen molar-refractivity contribution in [1.29, 1.82) is 0 Å². The normalized spacial score (nSPS) is 12.9. The molecule has 3 N–H and O–H groups in total. The summed E-state index contributed by atoms with van der Waals surface area (Å²) in [6, 6.07) is 7.08. The standard InChI is InChI=1S/C16H18N4O2/c1-2-9-17-15(21)18-10-3-4-13-5-7-14(8-6-13)20-12-11-19-16(20)22/h2,5-8H,1,9-12H2,(H,19,22)(H2,17,18,21). The first-order chi connectivity index (χ1) is 10.7. The summed E-state index contributed by atoms with van der Waals surface area (Å²) >= 11 is 0. The van der Waals surface area contributed by atoms with Crippen molar-refractivity contribution in [3.63, 3.8) is 0 Å². The first kappa shape index (κ1) is 15.4. The minimum Gasteiger partial charge on any atom is -0.336 e. The summed E-state index contributed by atoms with van der Waals surface area (Å²) in [6.07, 6.45) is 1.60. The molecule has 2 rings (SSSR count). The number of benzene rings is 1. The molecule has 0 unspecified atom stereocenters. The van der Waals surface area contributed by atoms with Crippen molar-refractivity contribution in [2.45, 2.75) is 0 Å². The second kappa shape index (κ2) is 7.74. The minimum atomic E-state index is -0.274. The summed E-state index contributed by atoms with van der Waals surface area (Å²) in [7, 11) is 0. The number of anilines is 1. The molecule has 0 bridgehead atoms. The van der Waals surface area contributed by atoms with Gasteiger partial charge in [-0.1, -0.05) is 17.9 Å². The third kappa shape index (κ3) is 4.28. The summed E-state index contributed by atoms with van der Waals surface area (Å²) < 4.78 is 0. The third-order valence-electron chi connectivity index (χ3n) is 3.01. The molecule has 0 spiro atoms. The van der Waals surface area contributed by atoms with Gasteiger partial charge in [0, 0.05) is 30.9 Å². The SMILES string of the molecule is C=CCNC(=O)NCC#Cc1ccc(N2CCNC2=O)cc1. The summed E-state index contributed by atoms with van der Waals surface area (Å²) in [5, 5.41) is 7.97. The van der Waals surface area contributed by atoms with E-state index in [2.05, 4.69) is 34.4 Å². The van der Waals surface area contributed by atoms with Crippen LogP contribution in [0.15, 0.2) is 36.9 Å². The molecular weight excluding hydrogens is 280 g/mol. The number of urea groups is 2. The summed E-state index contributed by atoms with van der Waals surface area (Å²) in [5.74, 6) is 5.82. The van der Waals surface area contributed by atoms with Crippen molar-refractivity contribution in [2.75, 3.05) is 31.1 Å². The fourth-order valence-electron chi connectivity index (χ4n) is 1.94. The van der Waals surface area contributed by atoms with Crippen LogP contribution in [0.1, 0.15) is 5.56 Å². The first-order valence-corrected chi connectivity index (χ1v) is 6.97. The lowest BCUT2D eigenvalue weighted by Crippen LogP contribution is -2.35. The van der Waals surface area contributed by atoms with Crippen LogP contribution in [0.25, 0.3) is 0 Å². The molecule has 22 heavy (non-hydrogen) atoms. The first-order valence-electron chi connectivity index (χ1n) is 6.97. The molecule has 114 valence electrons. The van der Waals surface area contributed by atoms with Gasteiger partial charge in [-0.15, -0.1) is 6.58 Å². The van der Waals surface area contributed by atoms with Gasteiger partial charge in [-0.05, 0) is 24.3 Å². The van der Waals surface area contributed by atoms with Crippen LogP contribution >= 0.6 is 0 Å². The number of amides is 4. The molecule has 0 atom stereocenters. The Morgan fingerprint density at radius 2 is 2.14 bits per heavy atom. The van der Waals surface area contributed by atoms with E-state index in [-0.39, 0.29) is 18.6 Å². The Balaban J connectivity index is 1.84. The number of nitrogens with one attached hydrogen (secondary N) is 3. The maximum Gasteiger partial charge on any atom is 0.321 e. The van der Waals surface area contributed by atoms with Crippen LogP contribution in [0.5, 0.6) is 0 Å². The highest BCUT2D eigenvalue weighted by Gasteiger charge is 2.20. The number of rotatable bonds is 4. The van der Waals surface area contributed by atoms with Gasteiger partial charge in [-0.2, -0.15) is 0 Å². The largest absolute Gasteiger partial charge is 0.336 e. The van der Waals surface area contributed by atoms with Gasteiger partial charge in [0.25, 0.3) is 0 Å². The molecule has 1 saturated heterocycles. The van der Waals surface area contributed by atoms with Gasteiger partial charge in [0.2, 0.25) is 0 Å². The van der Waals surface area contributed by atoms with Crippen LogP contribution in [-0.4, -0.2) is 38.2 Å². The van der Waals surface area contributed by atoms with Crippen LogP contribution in [0.3, 0.4) is 0 Å². The molecule has 0 aliphatic carbocycles. The van der Waals surface area contributed by atoms with Crippen molar-refractivity contribution in [3.8, 4) is 11.8 Å². The number of hydrogen-bond acceptors (Lipinski definition) is 2. The highest BCUT2D eigenvalue weighted by Crippen LogP contribution is 2.16. The maximum absolute atomic E-state index is 11.5. The average Bonchev–Trinajstić information content (AvgIpc) is 2.96. The van der Waals surface area contributed by atoms with Gasteiger partial charge in [-0.25, -0.2) is 9.59 Å². The Hall–Kier alpha value is -2.94. The molecular formula is C16H18N4O2. The van der Waals surface area contributed by atoms with Gasteiger partial charge >= 0.3 is 12.1 Å². The van der Waals surface area contributed by atoms with Gasteiger partial charge in [0.15, 0.2) is 0 Å². The third-order valence-corrected chi connectivity index (χ3v) is 3.01. The lowest BCUT2D eigenvalue weighted by Gasteiger charge is -2.13. The van der Waals surface area contributed by atoms with Crippen molar-refractivity contribution >= 4 is 17.7 Å². The lowest BCUT2D eigenvalue weighted by atomic mass is 10.2. The Morgan fingerprint density at radius 1 is 1.36 bits per heavy atom. The monoisotopic (exact) mass is 298 g/mol. The zero-order valence-electron chi connectivity index (χ0n) is 12.2. The fraction of sp³-hybridized carbons (Fsp3) is 0.250. The van der Waals surface area contributed by atoms with Crippen LogP contribution in [0, 0.1) is 11.8 Å². The summed E-state index contributed by atoms with van der Waals surface area (Å²) in [5.41, 5.74) is 1.68. The second-order valence-electron chi connectivity index (χ2n) is 4.58. The predicted octanol–water partition coefficient (Wildman–Crippen LogP) is 1.05. The van der Waals surface area contributed by atoms with Gasteiger partial charge in [0.1, 0.15) is 0 Å². The molecule has 6 nitrogen and oxygen atoms in total. The van der Waals surface area contributed by atoms with Crippen LogP contribution in [0.2, 0.25) is 0 Å². The van der Waals surface area contributed by atoms with E-state index >= 15 is 0 Å². The van der Waals surface area contributed by atoms with E-state index in [0.717, 1.165) is 11.3 Å². The van der Waals surface area contributed by atoms with E-state index in [0.29, 0.717) is 19.6 Å². The highest BCUT2D eigenvalue weighted by molar-refractivity contribution is 5.94. The molecule has 6 heteroatoms. The van der Waals surface area contributed by atoms with Gasteiger partial charge in [-0.3, -0.25) is 4.90 Å². The van der Waals surface area contributed by atoms with E-state index in [1.807, 2.05) is 24.3 Å². The number of nitrogens with zero attached hydrogens (tertiary/aromatic N) is 1. The van der Waals surface area contributed by atoms with E-state index < -0.39 is 0 Å². The zero-order chi connectivity index (χ0) is 15.8. The quantitative estimate of drug-likeness (QED) is 0.574. The average molecular weight is 298 g/mol. The highest BCUT2D eigenvalue weighted by atomic mass is 16.2. The Morgan fingerprint density at radius 3 is 2.77 bits per heavy atom. The summed E-state index contributed by atoms with van der Waals surface area (Å²) in [4.78, 5) is 24.5. The second-order valence-corrected chi connectivity index (χ2v) is 4.58. The van der Waals surface area contributed by atoms with Crippen molar-refractivity contribution in [3.05, 3.63) is 42.5 Å². The zero-order valence-corrected chi connectivity index (χ0v) is 12.2. The van der Waals surface area contributed by atoms with Crippen molar-refractivity contribution < 1.29 is 9.59 Å². The summed E-state index contributed by atoms with van der Waals surface area (Å²) in [6.45, 7) is 5.54. The predicted molar refractivity (Wildman–Crippen MR) is 85.7 cm³/mol. The van der Waals surface area contributed by atoms with E-state index in [9.17, 15) is 9.59 Å². The fourth-order valence-corrected chi connectivity index (χ4v) is 1.94. The van der Waals surface area contributed by atoms with Gasteiger partial charge in [0.05, 0.1) is 6.54 Å². The molecule has 4 amide bonds. The van der Waals surface area contributed by atoms with Crippen LogP contribution in [-0.2, 0) is 0 Å². The molecule has 1 aliphatic rings. The Kier molecular flexibility index (Phi) is 5.44. The number of carbonyl (C=O) groups is 2. The van der Waals surface area contributed by atoms with E-state index in [4.69, 9.17) is 0 Å². The van der Waals surface area contributed by atoms with E-state index in [1.165, 1.54) is 0 Å². The molecule has 0 radical (unpaired) electrons. The lowest BCUT2D eigenvalue weighted by molar-refractivity contribution is 0.243. The maximum atomic E-state index is 11.5. The van der Waals surface area contributed by atoms with Gasteiger partial charge < -0.3 is 16.0 Å². The molecule has 1 aliphatic heterocycles. The molecule has 0 aromatic heterocycles. The Labute approximate surface area is 129 Å². The molecule has 0 saturated carbocycles. The molecule has 1 aromatic rings. The van der Waals surface area contributed by atoms with Crippen LogP contribution in [0.4, 0.5) is 15.3 Å². The topological polar surface area (TPSA) is 73.5 Å². The van der Waals surface area contributed by atoms with Crippen molar-refractivity contribution in [2.24, 2.45) is 0 Å². The smallest absolute Gasteiger partial charge is 0.321 e. The van der Waals surface area contributed by atoms with E-state index in [1.54, 1.807) is 11.0 Å². The molecule has 1 aromatic carbocycles. The molecule has 1 heterocycles. The number of hydrogen-bond donors (Lipinski definition) is 3. The molecule has 1 fully saturated rings. The minimum absolute atomic E-state index is 0.0754. The van der Waals surface area contributed by atoms with Crippen LogP contribution < -0.4 is 20.9 Å². The van der Waals surface area contributed by atoms with Crippen molar-refractivity contribution in [1.82, 2.24) is 16.0 Å². The Bertz CT molecular complexity index is 613. The number of carbonyl (C=O) groups excluding carboxylic acids is 2.